The molecule has 2 aromatic carbocycles. The average Bonchev–Trinajstić information content (AvgIpc) is 3.83. The average molecular weight is 601 g/mol. The summed E-state index contributed by atoms with van der Waals surface area (Å²) in [6.07, 6.45) is 3.12. The van der Waals surface area contributed by atoms with Crippen molar-refractivity contribution in [3.05, 3.63) is 94.8 Å². The van der Waals surface area contributed by atoms with Gasteiger partial charge in [-0.2, -0.15) is 0 Å². The number of hydrogen-bond acceptors (Lipinski definition) is 7. The van der Waals surface area contributed by atoms with Crippen molar-refractivity contribution in [2.75, 3.05) is 0 Å². The van der Waals surface area contributed by atoms with Gasteiger partial charge in [-0.15, -0.1) is 45.3 Å². The Balaban J connectivity index is 1.31. The zero-order valence-corrected chi connectivity index (χ0v) is 24.3. The van der Waals surface area contributed by atoms with E-state index in [1.54, 1.807) is 12.7 Å². The fourth-order valence-corrected chi connectivity index (χ4v) is 10.1. The Bertz CT molecular complexity index is 2350. The Labute approximate surface area is 247 Å². The molecule has 8 heterocycles. The van der Waals surface area contributed by atoms with E-state index in [9.17, 15) is 0 Å². The molecule has 0 aliphatic rings. The fraction of sp³-hybridized carbons (Fsp3) is 0. The molecule has 194 valence electrons. The van der Waals surface area contributed by atoms with Crippen molar-refractivity contribution in [1.29, 1.82) is 0 Å². The molecule has 8 aromatic heterocycles. The van der Waals surface area contributed by atoms with Gasteiger partial charge >= 0.3 is 0 Å². The molecule has 0 saturated heterocycles. The van der Waals surface area contributed by atoms with Crippen LogP contribution in [-0.4, -0.2) is 28.7 Å². The third-order valence-corrected chi connectivity index (χ3v) is 11.8. The van der Waals surface area contributed by atoms with E-state index in [1.807, 2.05) is 45.3 Å². The van der Waals surface area contributed by atoms with E-state index in [-0.39, 0.29) is 0 Å². The number of hydrogen-bond donors (Lipinski definition) is 0. The fourth-order valence-electron chi connectivity index (χ4n) is 6.25. The lowest BCUT2D eigenvalue weighted by molar-refractivity contribution is 0.939. The SMILES string of the molecule is c1ncnc(-n2c3ccc(-n4c5ccsc5c5sccc54)cc3c3cc(-n4c5ccsc5c5sccc54)ccc32)n1. The highest BCUT2D eigenvalue weighted by Gasteiger charge is 2.20. The van der Waals surface area contributed by atoms with Crippen LogP contribution in [0.2, 0.25) is 0 Å². The van der Waals surface area contributed by atoms with Gasteiger partial charge in [0.15, 0.2) is 0 Å². The largest absolute Gasteiger partial charge is 0.307 e. The molecule has 0 spiro atoms. The molecule has 10 aromatic rings. The van der Waals surface area contributed by atoms with Gasteiger partial charge in [-0.25, -0.2) is 15.0 Å². The van der Waals surface area contributed by atoms with E-state index < -0.39 is 0 Å². The molecule has 0 amide bonds. The first kappa shape index (κ1) is 22.4. The second kappa shape index (κ2) is 8.11. The minimum Gasteiger partial charge on any atom is -0.307 e. The first-order valence-corrected chi connectivity index (χ1v) is 16.5. The molecule has 0 N–H and O–H groups in total. The van der Waals surface area contributed by atoms with Gasteiger partial charge < -0.3 is 9.13 Å². The number of nitrogens with zero attached hydrogens (tertiary/aromatic N) is 6. The van der Waals surface area contributed by atoms with Crippen LogP contribution >= 0.6 is 45.3 Å². The van der Waals surface area contributed by atoms with Crippen molar-refractivity contribution < 1.29 is 0 Å². The van der Waals surface area contributed by atoms with Crippen LogP contribution in [0.15, 0.2) is 94.8 Å². The van der Waals surface area contributed by atoms with Gasteiger partial charge in [-0.3, -0.25) is 4.57 Å². The van der Waals surface area contributed by atoms with Crippen LogP contribution in [0.5, 0.6) is 0 Å². The lowest BCUT2D eigenvalue weighted by Crippen LogP contribution is -2.01. The summed E-state index contributed by atoms with van der Waals surface area (Å²) >= 11 is 7.24. The Morgan fingerprint density at radius 3 is 1.27 bits per heavy atom. The number of thiophene rings is 4. The normalized spacial score (nSPS) is 12.4. The Kier molecular flexibility index (Phi) is 4.42. The van der Waals surface area contributed by atoms with Crippen molar-refractivity contribution in [2.45, 2.75) is 0 Å². The topological polar surface area (TPSA) is 53.5 Å². The van der Waals surface area contributed by atoms with Gasteiger partial charge in [-0.1, -0.05) is 0 Å². The molecule has 0 saturated carbocycles. The van der Waals surface area contributed by atoms with Crippen LogP contribution in [-0.2, 0) is 0 Å². The Morgan fingerprint density at radius 2 is 0.854 bits per heavy atom. The smallest absolute Gasteiger partial charge is 0.237 e. The monoisotopic (exact) mass is 600 g/mol. The first-order valence-electron chi connectivity index (χ1n) is 13.0. The summed E-state index contributed by atoms with van der Waals surface area (Å²) in [6.45, 7) is 0. The Morgan fingerprint density at radius 1 is 0.439 bits per heavy atom. The maximum absolute atomic E-state index is 4.54. The van der Waals surface area contributed by atoms with E-state index >= 15 is 0 Å². The maximum atomic E-state index is 4.54. The molecule has 0 aliphatic carbocycles. The van der Waals surface area contributed by atoms with Crippen molar-refractivity contribution >= 4 is 108 Å². The zero-order valence-electron chi connectivity index (χ0n) is 21.1. The van der Waals surface area contributed by atoms with Crippen LogP contribution in [0, 0.1) is 0 Å². The van der Waals surface area contributed by atoms with Crippen molar-refractivity contribution in [3.63, 3.8) is 0 Å². The zero-order chi connectivity index (χ0) is 26.7. The quantitative estimate of drug-likeness (QED) is 0.203. The minimum atomic E-state index is 0.614. The summed E-state index contributed by atoms with van der Waals surface area (Å²) in [5, 5.41) is 11.1. The lowest BCUT2D eigenvalue weighted by atomic mass is 10.1. The number of aromatic nitrogens is 6. The Hall–Kier alpha value is -4.35. The highest BCUT2D eigenvalue weighted by molar-refractivity contribution is 7.26. The van der Waals surface area contributed by atoms with E-state index in [4.69, 9.17) is 0 Å². The van der Waals surface area contributed by atoms with Gasteiger partial charge in [0.05, 0.1) is 51.9 Å². The molecule has 0 atom stereocenters. The molecule has 10 rings (SSSR count). The van der Waals surface area contributed by atoms with Crippen molar-refractivity contribution in [3.8, 4) is 17.3 Å². The molecule has 6 nitrogen and oxygen atoms in total. The molecular weight excluding hydrogens is 585 g/mol. The van der Waals surface area contributed by atoms with E-state index in [0.717, 1.165) is 33.2 Å². The summed E-state index contributed by atoms with van der Waals surface area (Å²) in [6, 6.07) is 22.4. The number of benzene rings is 2. The third kappa shape index (κ3) is 2.92. The van der Waals surface area contributed by atoms with Crippen molar-refractivity contribution in [1.82, 2.24) is 28.7 Å². The minimum absolute atomic E-state index is 0.614. The van der Waals surface area contributed by atoms with Crippen LogP contribution in [0.4, 0.5) is 0 Å². The van der Waals surface area contributed by atoms with Crippen LogP contribution in [0.1, 0.15) is 0 Å². The summed E-state index contributed by atoms with van der Waals surface area (Å²) in [4.78, 5) is 13.1. The van der Waals surface area contributed by atoms with Gasteiger partial charge in [0.25, 0.3) is 0 Å². The van der Waals surface area contributed by atoms with Crippen LogP contribution in [0.25, 0.3) is 80.0 Å². The third-order valence-electron chi connectivity index (χ3n) is 7.88. The second-order valence-corrected chi connectivity index (χ2v) is 13.6. The number of fused-ring (bicyclic) bond motifs is 9. The molecule has 0 radical (unpaired) electrons. The summed E-state index contributed by atoms with van der Waals surface area (Å²) in [7, 11) is 0. The summed E-state index contributed by atoms with van der Waals surface area (Å²) in [5.41, 5.74) is 9.45. The van der Waals surface area contributed by atoms with Gasteiger partial charge in [0, 0.05) is 22.1 Å². The molecular formula is C31H16N6S4. The second-order valence-electron chi connectivity index (χ2n) is 9.89. The lowest BCUT2D eigenvalue weighted by Gasteiger charge is -2.08. The molecule has 0 bridgehead atoms. The predicted molar refractivity (Wildman–Crippen MR) is 174 cm³/mol. The van der Waals surface area contributed by atoms with Gasteiger partial charge in [-0.05, 0) is 82.2 Å². The predicted octanol–water partition coefficient (Wildman–Crippen LogP) is 9.41. The van der Waals surface area contributed by atoms with Crippen LogP contribution in [0.3, 0.4) is 0 Å². The molecule has 41 heavy (non-hydrogen) atoms. The summed E-state index contributed by atoms with van der Waals surface area (Å²) < 4.78 is 12.3. The van der Waals surface area contributed by atoms with Crippen molar-refractivity contribution in [2.24, 2.45) is 0 Å². The molecule has 0 unspecified atom stereocenters. The number of rotatable bonds is 3. The van der Waals surface area contributed by atoms with Crippen LogP contribution < -0.4 is 0 Å². The molecule has 0 aliphatic heterocycles. The highest BCUT2D eigenvalue weighted by Crippen LogP contribution is 2.42. The first-order chi connectivity index (χ1) is 20.3. The van der Waals surface area contributed by atoms with Gasteiger partial charge in [0.1, 0.15) is 12.7 Å². The van der Waals surface area contributed by atoms with E-state index in [1.165, 1.54) is 40.9 Å². The highest BCUT2D eigenvalue weighted by atomic mass is 32.1. The molecule has 10 heteroatoms. The maximum Gasteiger partial charge on any atom is 0.237 e. The van der Waals surface area contributed by atoms with Gasteiger partial charge in [0.2, 0.25) is 5.95 Å². The van der Waals surface area contributed by atoms with E-state index in [0.29, 0.717) is 5.95 Å². The summed E-state index contributed by atoms with van der Waals surface area (Å²) in [5.74, 6) is 0.614. The van der Waals surface area contributed by atoms with E-state index in [2.05, 4.69) is 111 Å². The standard InChI is InChI=1S/C31H16N6S4/c1-3-21-19(13-17(1)35-23-5-9-38-27(23)28-24(35)6-10-39-28)20-14-18(2-4-22(20)37(21)31-33-15-32-16-34-31)36-25-7-11-40-29(25)30-26(36)8-12-41-30/h1-16H. The molecule has 0 fully saturated rings.